The third-order valence-electron chi connectivity index (χ3n) is 2.71. The van der Waals surface area contributed by atoms with Gasteiger partial charge in [-0.05, 0) is 6.92 Å². The van der Waals surface area contributed by atoms with Crippen molar-refractivity contribution < 1.29 is 23.1 Å². The zero-order chi connectivity index (χ0) is 14.2. The Morgan fingerprint density at radius 1 is 1.58 bits per heavy atom. The number of thiazole rings is 1. The average molecular weight is 295 g/mol. The van der Waals surface area contributed by atoms with E-state index < -0.39 is 22.8 Å². The summed E-state index contributed by atoms with van der Waals surface area (Å²) in [6.07, 6.45) is -4.62. The maximum atomic E-state index is 12.6. The van der Waals surface area contributed by atoms with E-state index in [1.807, 2.05) is 6.92 Å². The van der Waals surface area contributed by atoms with Crippen molar-refractivity contribution in [3.05, 3.63) is 10.7 Å². The molecule has 1 aliphatic heterocycles. The lowest BCUT2D eigenvalue weighted by Gasteiger charge is -2.32. The summed E-state index contributed by atoms with van der Waals surface area (Å²) >= 11 is 0.385. The molecule has 0 amide bonds. The highest BCUT2D eigenvalue weighted by Gasteiger charge is 2.38. The summed E-state index contributed by atoms with van der Waals surface area (Å²) in [7, 11) is 0. The highest BCUT2D eigenvalue weighted by atomic mass is 32.1. The molecule has 0 saturated carbocycles. The fraction of sp³-hybridized carbons (Fsp3) is 0.600. The number of hydrogen-bond acceptors (Lipinski definition) is 5. The minimum absolute atomic E-state index is 0.0770. The monoisotopic (exact) mass is 295 g/mol. The van der Waals surface area contributed by atoms with Crippen molar-refractivity contribution in [2.45, 2.75) is 19.1 Å². The normalized spacial score (nSPS) is 20.6. The molecule has 5 nitrogen and oxygen atoms in total. The number of carboxylic acid groups (broad SMARTS) is 1. The predicted molar refractivity (Wildman–Crippen MR) is 63.8 cm³/mol. The number of halogens is 3. The molecule has 1 unspecified atom stereocenters. The van der Waals surface area contributed by atoms with E-state index in [1.165, 1.54) is 0 Å². The number of carbonyl (C=O) groups is 1. The van der Waals surface area contributed by atoms with Gasteiger partial charge in [0, 0.05) is 25.7 Å². The largest absolute Gasteiger partial charge is 0.476 e. The second-order valence-electron chi connectivity index (χ2n) is 4.28. The Bertz CT molecular complexity index is 489. The maximum absolute atomic E-state index is 12.6. The van der Waals surface area contributed by atoms with Crippen LogP contribution in [0.4, 0.5) is 18.2 Å². The SMILES string of the molecule is CC1CN(c2sc(C(F)(F)F)nc2C(=O)O)CCN1. The third kappa shape index (κ3) is 2.98. The summed E-state index contributed by atoms with van der Waals surface area (Å²) in [6, 6.07) is 0.0897. The van der Waals surface area contributed by atoms with E-state index in [0.29, 0.717) is 31.0 Å². The van der Waals surface area contributed by atoms with E-state index in [0.717, 1.165) is 0 Å². The molecule has 9 heteroatoms. The molecule has 0 spiro atoms. The van der Waals surface area contributed by atoms with Crippen LogP contribution in [0.15, 0.2) is 0 Å². The van der Waals surface area contributed by atoms with Gasteiger partial charge in [0.2, 0.25) is 5.01 Å². The van der Waals surface area contributed by atoms with Crippen molar-refractivity contribution in [2.24, 2.45) is 0 Å². The molecule has 0 radical (unpaired) electrons. The standard InChI is InChI=1S/C10H12F3N3O2S/c1-5-4-16(3-2-14-5)7-6(8(17)18)15-9(19-7)10(11,12)13/h5,14H,2-4H2,1H3,(H,17,18). The van der Waals surface area contributed by atoms with Crippen molar-refractivity contribution >= 4 is 22.3 Å². The first kappa shape index (κ1) is 14.1. The molecule has 2 heterocycles. The summed E-state index contributed by atoms with van der Waals surface area (Å²) < 4.78 is 37.8. The first-order chi connectivity index (χ1) is 8.79. The number of aromatic carboxylic acids is 1. The number of hydrogen-bond donors (Lipinski definition) is 2. The molecule has 1 aromatic rings. The summed E-state index contributed by atoms with van der Waals surface area (Å²) in [5.41, 5.74) is -0.522. The van der Waals surface area contributed by atoms with Gasteiger partial charge in [-0.3, -0.25) is 0 Å². The minimum Gasteiger partial charge on any atom is -0.476 e. The zero-order valence-corrected chi connectivity index (χ0v) is 10.8. The van der Waals surface area contributed by atoms with Crippen molar-refractivity contribution in [1.29, 1.82) is 0 Å². The first-order valence-corrected chi connectivity index (χ1v) is 6.40. The Morgan fingerprint density at radius 2 is 2.26 bits per heavy atom. The van der Waals surface area contributed by atoms with E-state index in [1.54, 1.807) is 4.90 Å². The number of aromatic nitrogens is 1. The lowest BCUT2D eigenvalue weighted by molar-refractivity contribution is -0.137. The highest BCUT2D eigenvalue weighted by molar-refractivity contribution is 7.16. The molecule has 0 aromatic carbocycles. The number of nitrogens with one attached hydrogen (secondary N) is 1. The summed E-state index contributed by atoms with van der Waals surface area (Å²) in [5, 5.41) is 11.1. The summed E-state index contributed by atoms with van der Waals surface area (Å²) in [6.45, 7) is 3.40. The topological polar surface area (TPSA) is 65.5 Å². The van der Waals surface area contributed by atoms with Gasteiger partial charge in [-0.2, -0.15) is 13.2 Å². The minimum atomic E-state index is -4.62. The molecule has 1 aliphatic rings. The lowest BCUT2D eigenvalue weighted by Crippen LogP contribution is -2.49. The Kier molecular flexibility index (Phi) is 3.68. The summed E-state index contributed by atoms with van der Waals surface area (Å²) in [4.78, 5) is 15.9. The molecule has 1 atom stereocenters. The quantitative estimate of drug-likeness (QED) is 0.868. The maximum Gasteiger partial charge on any atom is 0.443 e. The fourth-order valence-corrected chi connectivity index (χ4v) is 2.86. The summed E-state index contributed by atoms with van der Waals surface area (Å²) in [5.74, 6) is -1.44. The van der Waals surface area contributed by atoms with Crippen LogP contribution in [0.2, 0.25) is 0 Å². The number of anilines is 1. The van der Waals surface area contributed by atoms with Crippen LogP contribution in [0.5, 0.6) is 0 Å². The Morgan fingerprint density at radius 3 is 2.79 bits per heavy atom. The Hall–Kier alpha value is -1.35. The van der Waals surface area contributed by atoms with Gasteiger partial charge in [-0.15, -0.1) is 0 Å². The molecule has 2 rings (SSSR count). The van der Waals surface area contributed by atoms with Crippen LogP contribution in [-0.4, -0.2) is 41.7 Å². The van der Waals surface area contributed by atoms with Crippen molar-refractivity contribution in [3.8, 4) is 0 Å². The van der Waals surface area contributed by atoms with E-state index in [2.05, 4.69) is 10.3 Å². The van der Waals surface area contributed by atoms with Crippen LogP contribution in [0.25, 0.3) is 0 Å². The van der Waals surface area contributed by atoms with Gasteiger partial charge < -0.3 is 15.3 Å². The van der Waals surface area contributed by atoms with E-state index >= 15 is 0 Å². The van der Waals surface area contributed by atoms with Gasteiger partial charge in [-0.25, -0.2) is 9.78 Å². The third-order valence-corrected chi connectivity index (χ3v) is 3.87. The molecule has 19 heavy (non-hydrogen) atoms. The highest BCUT2D eigenvalue weighted by Crippen LogP contribution is 2.38. The van der Waals surface area contributed by atoms with Crippen molar-refractivity contribution in [3.63, 3.8) is 0 Å². The number of nitrogens with zero attached hydrogens (tertiary/aromatic N) is 2. The number of piperazine rings is 1. The van der Waals surface area contributed by atoms with Gasteiger partial charge in [0.1, 0.15) is 5.00 Å². The average Bonchev–Trinajstić information content (AvgIpc) is 2.73. The lowest BCUT2D eigenvalue weighted by atomic mass is 10.2. The van der Waals surface area contributed by atoms with E-state index in [4.69, 9.17) is 5.11 Å². The number of carboxylic acids is 1. The second-order valence-corrected chi connectivity index (χ2v) is 5.25. The molecule has 2 N–H and O–H groups in total. The molecule has 1 saturated heterocycles. The van der Waals surface area contributed by atoms with Gasteiger partial charge in [-0.1, -0.05) is 11.3 Å². The first-order valence-electron chi connectivity index (χ1n) is 5.58. The second kappa shape index (κ2) is 4.97. The van der Waals surface area contributed by atoms with Gasteiger partial charge in [0.05, 0.1) is 0 Å². The Balaban J connectivity index is 2.37. The predicted octanol–water partition coefficient (Wildman–Crippen LogP) is 1.66. The molecule has 106 valence electrons. The van der Waals surface area contributed by atoms with Crippen LogP contribution in [0, 0.1) is 0 Å². The van der Waals surface area contributed by atoms with Gasteiger partial charge in [0.15, 0.2) is 5.69 Å². The molecule has 1 fully saturated rings. The molecular weight excluding hydrogens is 283 g/mol. The van der Waals surface area contributed by atoms with Crippen molar-refractivity contribution in [2.75, 3.05) is 24.5 Å². The molecule has 0 bridgehead atoms. The number of alkyl halides is 3. The number of rotatable bonds is 2. The van der Waals surface area contributed by atoms with E-state index in [-0.39, 0.29) is 11.0 Å². The van der Waals surface area contributed by atoms with Crippen LogP contribution >= 0.6 is 11.3 Å². The van der Waals surface area contributed by atoms with Crippen LogP contribution < -0.4 is 10.2 Å². The smallest absolute Gasteiger partial charge is 0.443 e. The zero-order valence-electron chi connectivity index (χ0n) is 9.99. The van der Waals surface area contributed by atoms with Crippen LogP contribution in [0.1, 0.15) is 22.4 Å². The fourth-order valence-electron chi connectivity index (χ4n) is 1.90. The van der Waals surface area contributed by atoms with Crippen LogP contribution in [0.3, 0.4) is 0 Å². The molecule has 0 aliphatic carbocycles. The molecule has 1 aromatic heterocycles. The van der Waals surface area contributed by atoms with Gasteiger partial charge >= 0.3 is 12.1 Å². The van der Waals surface area contributed by atoms with Crippen molar-refractivity contribution in [1.82, 2.24) is 10.3 Å². The van der Waals surface area contributed by atoms with Gasteiger partial charge in [0.25, 0.3) is 0 Å². The Labute approximate surface area is 111 Å². The van der Waals surface area contributed by atoms with E-state index in [9.17, 15) is 18.0 Å². The van der Waals surface area contributed by atoms with Crippen LogP contribution in [-0.2, 0) is 6.18 Å². The molecular formula is C10H12F3N3O2S.